The van der Waals surface area contributed by atoms with E-state index in [2.05, 4.69) is 46.2 Å². The van der Waals surface area contributed by atoms with E-state index < -0.39 is 6.10 Å². The molecule has 21 heteroatoms. The van der Waals surface area contributed by atoms with E-state index in [9.17, 15) is 24.3 Å². The first-order chi connectivity index (χ1) is 39.2. The number of halogens is 1. The molecule has 6 aromatic heterocycles. The number of ether oxygens (including phenoxy) is 2. The van der Waals surface area contributed by atoms with Crippen LogP contribution in [-0.2, 0) is 29.0 Å². The summed E-state index contributed by atoms with van der Waals surface area (Å²) in [6.45, 7) is 13.3. The van der Waals surface area contributed by atoms with Gasteiger partial charge in [0.15, 0.2) is 16.1 Å². The standard InChI is InChI=1S/C23H27N3O3S.C20H18ClN5O3S.C17H16N2O2/c1-6-11-25-15(2)12-19(17(25)4)21(27)14-30-23-24-20-10-8-7-9-18(20)22(28)26(23)16(3)13-29-5;1-12(18-24-17(25-29-18)13-4-3-7-22-11-13)30-20-23-16-10-14(21)5-6-15(16)19(27)26(20)8-9-28-2;20-15(12-6-2-1-3-7-12)10-11-16-18-14-9-5-4-8-13(14)17(21)19-16/h6-10,12,16H,1,11,13-14H2,2-5H3;3-7,10-12H,8-9H2,1-2H3;1-9,15,20H,10-11H2,(H,18,19,21). The van der Waals surface area contributed by atoms with Crippen LogP contribution in [0, 0.1) is 13.8 Å². The Balaban J connectivity index is 0.000000162. The number of benzene rings is 4. The van der Waals surface area contributed by atoms with Crippen LogP contribution in [0.2, 0.25) is 5.02 Å². The Morgan fingerprint density at radius 3 is 2.23 bits per heavy atom. The Hall–Kier alpha value is -7.85. The molecule has 0 bridgehead atoms. The fourth-order valence-corrected chi connectivity index (χ4v) is 11.0. The molecule has 3 atom stereocenters. The molecular weight excluding hydrogens is 1090 g/mol. The third-order valence-electron chi connectivity index (χ3n) is 13.0. The lowest BCUT2D eigenvalue weighted by molar-refractivity contribution is 0.102. The fraction of sp³-hybridized carbons (Fsp3) is 0.267. The number of aliphatic hydroxyl groups is 1. The van der Waals surface area contributed by atoms with Gasteiger partial charge in [0.2, 0.25) is 11.7 Å². The number of allylic oxidation sites excluding steroid dienone is 1. The smallest absolute Gasteiger partial charge is 0.262 e. The highest BCUT2D eigenvalue weighted by molar-refractivity contribution is 7.99. The van der Waals surface area contributed by atoms with E-state index in [1.165, 1.54) is 23.5 Å². The average molecular weight is 1150 g/mol. The number of carbonyl (C=O) groups excluding carboxylic acids is 1. The van der Waals surface area contributed by atoms with Crippen LogP contribution >= 0.6 is 35.1 Å². The van der Waals surface area contributed by atoms with Gasteiger partial charge in [-0.25, -0.2) is 15.0 Å². The number of aromatic nitrogens is 10. The average Bonchev–Trinajstić information content (AvgIpc) is 4.10. The zero-order chi connectivity index (χ0) is 57.6. The number of aryl methyl sites for hydroxylation is 2. The molecule has 418 valence electrons. The number of ketones is 1. The van der Waals surface area contributed by atoms with Crippen LogP contribution in [0.3, 0.4) is 0 Å². The van der Waals surface area contributed by atoms with Gasteiger partial charge in [0.25, 0.3) is 16.7 Å². The number of aromatic amines is 1. The van der Waals surface area contributed by atoms with Gasteiger partial charge in [0.05, 0.1) is 75.6 Å². The van der Waals surface area contributed by atoms with Gasteiger partial charge in [0.1, 0.15) is 5.82 Å². The normalized spacial score (nSPS) is 12.3. The molecule has 4 aromatic carbocycles. The number of methoxy groups -OCH3 is 2. The van der Waals surface area contributed by atoms with Gasteiger partial charge >= 0.3 is 0 Å². The molecule has 81 heavy (non-hydrogen) atoms. The van der Waals surface area contributed by atoms with Crippen LogP contribution in [0.15, 0.2) is 170 Å². The number of nitrogens with one attached hydrogen (secondary N) is 1. The van der Waals surface area contributed by atoms with Crippen molar-refractivity contribution >= 4 is 73.6 Å². The summed E-state index contributed by atoms with van der Waals surface area (Å²) in [6, 6.07) is 34.4. The van der Waals surface area contributed by atoms with E-state index >= 15 is 0 Å². The maximum absolute atomic E-state index is 13.1. The van der Waals surface area contributed by atoms with E-state index in [0.717, 1.165) is 22.5 Å². The van der Waals surface area contributed by atoms with E-state index in [0.29, 0.717) is 110 Å². The molecular formula is C60H61ClN10O8S2. The number of hydrogen-bond acceptors (Lipinski definition) is 16. The molecule has 2 N–H and O–H groups in total. The third-order valence-corrected chi connectivity index (χ3v) is 15.3. The maximum atomic E-state index is 13.1. The lowest BCUT2D eigenvalue weighted by atomic mass is 10.0. The topological polar surface area (TPSA) is 228 Å². The quantitative estimate of drug-likeness (QED) is 0.0313. The molecule has 0 saturated heterocycles. The van der Waals surface area contributed by atoms with Gasteiger partial charge in [0, 0.05) is 67.1 Å². The summed E-state index contributed by atoms with van der Waals surface area (Å²) in [7, 11) is 3.19. The molecule has 10 aromatic rings. The minimum Gasteiger partial charge on any atom is -0.388 e. The summed E-state index contributed by atoms with van der Waals surface area (Å²) in [5.41, 5.74) is 5.73. The molecule has 0 saturated carbocycles. The number of pyridine rings is 1. The third kappa shape index (κ3) is 14.6. The number of H-pyrrole nitrogens is 1. The summed E-state index contributed by atoms with van der Waals surface area (Å²) in [6.07, 6.45) is 5.66. The number of Topliss-reactive ketones (excluding diaryl/α,β-unsaturated/α-hetero) is 1. The Morgan fingerprint density at radius 2 is 1.52 bits per heavy atom. The van der Waals surface area contributed by atoms with Crippen molar-refractivity contribution in [1.82, 2.24) is 48.8 Å². The van der Waals surface area contributed by atoms with E-state index in [1.807, 2.05) is 119 Å². The van der Waals surface area contributed by atoms with Crippen molar-refractivity contribution in [3.8, 4) is 11.4 Å². The van der Waals surface area contributed by atoms with Gasteiger partial charge in [-0.05, 0) is 100 Å². The van der Waals surface area contributed by atoms with Crippen LogP contribution in [0.4, 0.5) is 0 Å². The van der Waals surface area contributed by atoms with E-state index in [4.69, 9.17) is 25.6 Å². The van der Waals surface area contributed by atoms with Crippen molar-refractivity contribution in [3.63, 3.8) is 0 Å². The minimum absolute atomic E-state index is 0.0109. The van der Waals surface area contributed by atoms with E-state index in [1.54, 1.807) is 66.1 Å². The summed E-state index contributed by atoms with van der Waals surface area (Å²) in [4.78, 5) is 76.2. The number of hydrogen-bond donors (Lipinski definition) is 2. The highest BCUT2D eigenvalue weighted by atomic mass is 35.5. The second-order valence-corrected chi connectivity index (χ2v) is 21.4. The summed E-state index contributed by atoms with van der Waals surface area (Å²) in [5.74, 6) is 1.70. The lowest BCUT2D eigenvalue weighted by Crippen LogP contribution is -2.28. The second kappa shape index (κ2) is 28.0. The first kappa shape index (κ1) is 59.3. The zero-order valence-electron chi connectivity index (χ0n) is 45.6. The monoisotopic (exact) mass is 1150 g/mol. The number of para-hydroxylation sites is 2. The zero-order valence-corrected chi connectivity index (χ0v) is 48.0. The van der Waals surface area contributed by atoms with Crippen LogP contribution in [-0.4, -0.2) is 92.8 Å². The molecule has 6 heterocycles. The van der Waals surface area contributed by atoms with Crippen molar-refractivity contribution in [2.45, 2.75) is 81.3 Å². The van der Waals surface area contributed by atoms with Crippen LogP contribution in [0.5, 0.6) is 0 Å². The Kier molecular flexibility index (Phi) is 20.5. The van der Waals surface area contributed by atoms with Crippen molar-refractivity contribution in [1.29, 1.82) is 0 Å². The molecule has 0 aliphatic heterocycles. The first-order valence-corrected chi connectivity index (χ1v) is 28.2. The van der Waals surface area contributed by atoms with Crippen molar-refractivity contribution < 1.29 is 23.9 Å². The highest BCUT2D eigenvalue weighted by Gasteiger charge is 2.23. The lowest BCUT2D eigenvalue weighted by Gasteiger charge is -2.18. The Labute approximate surface area is 480 Å². The van der Waals surface area contributed by atoms with Gasteiger partial charge in [-0.15, -0.1) is 6.58 Å². The first-order valence-electron chi connectivity index (χ1n) is 25.9. The van der Waals surface area contributed by atoms with Crippen molar-refractivity contribution in [2.75, 3.05) is 33.2 Å². The van der Waals surface area contributed by atoms with Crippen LogP contribution in [0.25, 0.3) is 44.1 Å². The predicted molar refractivity (Wildman–Crippen MR) is 319 cm³/mol. The number of carbonyl (C=O) groups is 1. The number of nitrogens with zero attached hydrogens (tertiary/aromatic N) is 9. The number of aliphatic hydroxyl groups excluding tert-OH is 1. The van der Waals surface area contributed by atoms with E-state index in [-0.39, 0.29) is 39.5 Å². The summed E-state index contributed by atoms with van der Waals surface area (Å²) in [5, 5.41) is 17.2. The van der Waals surface area contributed by atoms with Gasteiger partial charge in [-0.1, -0.05) is 101 Å². The minimum atomic E-state index is -0.553. The molecule has 0 amide bonds. The molecule has 0 aliphatic rings. The predicted octanol–water partition coefficient (Wildman–Crippen LogP) is 10.8. The van der Waals surface area contributed by atoms with Gasteiger partial charge < -0.3 is 28.7 Å². The number of rotatable bonds is 20. The molecule has 10 rings (SSSR count). The summed E-state index contributed by atoms with van der Waals surface area (Å²) < 4.78 is 21.2. The Bertz CT molecular complexity index is 3980. The molecule has 0 spiro atoms. The SMILES string of the molecule is C=CCn1c(C)cc(C(=O)CSc2nc3ccccc3c(=O)n2C(C)COC)c1C.COCCn1c(SC(C)c2nc(-c3cccnc3)no2)nc2cc(Cl)ccc2c1=O.O=c1[nH]c(CCC(O)c2ccccc2)nc2ccccc12. The van der Waals surface area contributed by atoms with Gasteiger partial charge in [-0.2, -0.15) is 4.98 Å². The van der Waals surface area contributed by atoms with Crippen molar-refractivity contribution in [2.24, 2.45) is 0 Å². The largest absolute Gasteiger partial charge is 0.388 e. The Morgan fingerprint density at radius 1 is 0.815 bits per heavy atom. The second-order valence-electron chi connectivity index (χ2n) is 18.7. The molecule has 0 radical (unpaired) electrons. The number of fused-ring (bicyclic) bond motifs is 3. The maximum Gasteiger partial charge on any atom is 0.262 e. The highest BCUT2D eigenvalue weighted by Crippen LogP contribution is 2.34. The fourth-order valence-electron chi connectivity index (χ4n) is 8.87. The van der Waals surface area contributed by atoms with Crippen LogP contribution in [0.1, 0.15) is 76.7 Å². The van der Waals surface area contributed by atoms with Gasteiger partial charge in [-0.3, -0.25) is 33.3 Å². The molecule has 18 nitrogen and oxygen atoms in total. The molecule has 0 aliphatic carbocycles. The molecule has 3 unspecified atom stereocenters. The number of thioether (sulfide) groups is 2. The summed E-state index contributed by atoms with van der Waals surface area (Å²) >= 11 is 8.74. The van der Waals surface area contributed by atoms with Crippen LogP contribution < -0.4 is 16.7 Å². The van der Waals surface area contributed by atoms with Crippen molar-refractivity contribution in [3.05, 3.63) is 211 Å². The molecule has 0 fully saturated rings.